The van der Waals surface area contributed by atoms with Crippen molar-refractivity contribution in [2.45, 2.75) is 30.1 Å². The van der Waals surface area contributed by atoms with Gasteiger partial charge in [0.1, 0.15) is 5.69 Å². The van der Waals surface area contributed by atoms with Crippen LogP contribution in [0.1, 0.15) is 28.0 Å². The van der Waals surface area contributed by atoms with Crippen molar-refractivity contribution >= 4 is 28.6 Å². The van der Waals surface area contributed by atoms with E-state index in [2.05, 4.69) is 20.3 Å². The molecule has 7 nitrogen and oxygen atoms in total. The van der Waals surface area contributed by atoms with E-state index in [9.17, 15) is 9.90 Å². The lowest BCUT2D eigenvalue weighted by molar-refractivity contribution is -0.0261. The standard InChI is InChI=1S/C21H22N4O3S/c1-29-21-22-10-13(11-23-21)8-14-9-18(24-16-5-3-2-4-15(14)16)20(27)25-17-6-7-28-12-19(17)26/h2-5,9-11,17,19,26H,6-8,12H2,1H3,(H,25,27). The van der Waals surface area contributed by atoms with Gasteiger partial charge in [0.05, 0.1) is 24.3 Å². The van der Waals surface area contributed by atoms with Gasteiger partial charge in [-0.1, -0.05) is 30.0 Å². The van der Waals surface area contributed by atoms with Crippen LogP contribution in [-0.4, -0.2) is 57.6 Å². The molecule has 1 aromatic carbocycles. The highest BCUT2D eigenvalue weighted by Crippen LogP contribution is 2.22. The Morgan fingerprint density at radius 2 is 2.10 bits per heavy atom. The van der Waals surface area contributed by atoms with Crippen LogP contribution < -0.4 is 5.32 Å². The number of amides is 1. The molecule has 150 valence electrons. The van der Waals surface area contributed by atoms with Crippen molar-refractivity contribution in [3.05, 3.63) is 59.5 Å². The Labute approximate surface area is 172 Å². The van der Waals surface area contributed by atoms with E-state index in [-0.39, 0.29) is 18.6 Å². The van der Waals surface area contributed by atoms with Crippen LogP contribution in [0.5, 0.6) is 0 Å². The Bertz CT molecular complexity index is 1010. The van der Waals surface area contributed by atoms with Gasteiger partial charge in [0, 0.05) is 30.8 Å². The Hall–Kier alpha value is -2.55. The lowest BCUT2D eigenvalue weighted by Gasteiger charge is -2.28. The van der Waals surface area contributed by atoms with Gasteiger partial charge in [0.15, 0.2) is 5.16 Å². The average molecular weight is 410 g/mol. The van der Waals surface area contributed by atoms with Crippen LogP contribution in [0, 0.1) is 0 Å². The molecule has 0 saturated carbocycles. The average Bonchev–Trinajstić information content (AvgIpc) is 2.76. The van der Waals surface area contributed by atoms with E-state index in [1.54, 1.807) is 0 Å². The maximum absolute atomic E-state index is 12.8. The molecule has 4 rings (SSSR count). The van der Waals surface area contributed by atoms with Crippen molar-refractivity contribution in [2.75, 3.05) is 19.5 Å². The fraction of sp³-hybridized carbons (Fsp3) is 0.333. The topological polar surface area (TPSA) is 97.2 Å². The maximum atomic E-state index is 12.8. The number of rotatable bonds is 5. The largest absolute Gasteiger partial charge is 0.389 e. The fourth-order valence-electron chi connectivity index (χ4n) is 3.40. The van der Waals surface area contributed by atoms with Crippen LogP contribution in [0.25, 0.3) is 10.9 Å². The summed E-state index contributed by atoms with van der Waals surface area (Å²) in [7, 11) is 0. The second-order valence-corrected chi connectivity index (χ2v) is 7.72. The van der Waals surface area contributed by atoms with E-state index in [0.717, 1.165) is 27.2 Å². The van der Waals surface area contributed by atoms with Gasteiger partial charge in [0.25, 0.3) is 5.91 Å². The minimum absolute atomic E-state index is 0.230. The number of fused-ring (bicyclic) bond motifs is 1. The third kappa shape index (κ3) is 4.55. The van der Waals surface area contributed by atoms with Gasteiger partial charge in [0.2, 0.25) is 0 Å². The molecule has 1 amide bonds. The predicted molar refractivity (Wildman–Crippen MR) is 111 cm³/mol. The number of para-hydroxylation sites is 1. The van der Waals surface area contributed by atoms with Gasteiger partial charge >= 0.3 is 0 Å². The summed E-state index contributed by atoms with van der Waals surface area (Å²) in [6.45, 7) is 0.748. The zero-order chi connectivity index (χ0) is 20.2. The van der Waals surface area contributed by atoms with Crippen LogP contribution in [0.4, 0.5) is 0 Å². The second-order valence-electron chi connectivity index (χ2n) is 6.95. The van der Waals surface area contributed by atoms with Gasteiger partial charge in [-0.25, -0.2) is 15.0 Å². The number of thioether (sulfide) groups is 1. The zero-order valence-electron chi connectivity index (χ0n) is 16.0. The van der Waals surface area contributed by atoms with Crippen molar-refractivity contribution in [3.8, 4) is 0 Å². The summed E-state index contributed by atoms with van der Waals surface area (Å²) in [5.74, 6) is -0.295. The first-order valence-corrected chi connectivity index (χ1v) is 10.7. The van der Waals surface area contributed by atoms with Crippen molar-refractivity contribution in [1.29, 1.82) is 0 Å². The Balaban J connectivity index is 1.63. The SMILES string of the molecule is CSc1ncc(Cc2cc(C(=O)NC3CCOCC3O)nc3ccccc23)cn1. The highest BCUT2D eigenvalue weighted by atomic mass is 32.2. The van der Waals surface area contributed by atoms with E-state index in [1.807, 2.05) is 49.0 Å². The van der Waals surface area contributed by atoms with Crippen LogP contribution >= 0.6 is 11.8 Å². The number of ether oxygens (including phenoxy) is 1. The molecule has 1 saturated heterocycles. The van der Waals surface area contributed by atoms with Gasteiger partial charge in [-0.05, 0) is 35.9 Å². The van der Waals surface area contributed by atoms with Crippen LogP contribution in [0.15, 0.2) is 47.9 Å². The summed E-state index contributed by atoms with van der Waals surface area (Å²) in [5, 5.41) is 14.7. The smallest absolute Gasteiger partial charge is 0.270 e. The minimum Gasteiger partial charge on any atom is -0.389 e. The first-order valence-electron chi connectivity index (χ1n) is 9.44. The molecule has 3 heterocycles. The minimum atomic E-state index is -0.709. The highest BCUT2D eigenvalue weighted by Gasteiger charge is 2.26. The monoisotopic (exact) mass is 410 g/mol. The molecular weight excluding hydrogens is 388 g/mol. The fourth-order valence-corrected chi connectivity index (χ4v) is 3.72. The lowest BCUT2D eigenvalue weighted by Crippen LogP contribution is -2.48. The Kier molecular flexibility index (Phi) is 6.03. The second kappa shape index (κ2) is 8.86. The van der Waals surface area contributed by atoms with Gasteiger partial charge in [-0.15, -0.1) is 0 Å². The van der Waals surface area contributed by atoms with Gasteiger partial charge < -0.3 is 15.2 Å². The van der Waals surface area contributed by atoms with Crippen molar-refractivity contribution < 1.29 is 14.6 Å². The molecule has 2 atom stereocenters. The van der Waals surface area contributed by atoms with Crippen molar-refractivity contribution in [3.63, 3.8) is 0 Å². The van der Waals surface area contributed by atoms with Crippen molar-refractivity contribution in [2.24, 2.45) is 0 Å². The molecular formula is C21H22N4O3S. The van der Waals surface area contributed by atoms with Gasteiger partial charge in [-0.3, -0.25) is 4.79 Å². The molecule has 0 aliphatic carbocycles. The molecule has 1 aliphatic rings. The molecule has 2 unspecified atom stereocenters. The molecule has 0 bridgehead atoms. The predicted octanol–water partition coefficient (Wildman–Crippen LogP) is 2.22. The molecule has 3 aromatic rings. The number of nitrogens with one attached hydrogen (secondary N) is 1. The third-order valence-electron chi connectivity index (χ3n) is 4.94. The van der Waals surface area contributed by atoms with E-state index in [0.29, 0.717) is 25.1 Å². The summed E-state index contributed by atoms with van der Waals surface area (Å²) in [5.41, 5.74) is 3.03. The highest BCUT2D eigenvalue weighted by molar-refractivity contribution is 7.98. The Morgan fingerprint density at radius 3 is 2.86 bits per heavy atom. The molecule has 2 aromatic heterocycles. The van der Waals surface area contributed by atoms with Crippen LogP contribution in [0.3, 0.4) is 0 Å². The Morgan fingerprint density at radius 1 is 1.31 bits per heavy atom. The number of aromatic nitrogens is 3. The summed E-state index contributed by atoms with van der Waals surface area (Å²) >= 11 is 1.49. The summed E-state index contributed by atoms with van der Waals surface area (Å²) in [6, 6.07) is 9.23. The normalized spacial score (nSPS) is 19.2. The number of hydrogen-bond acceptors (Lipinski definition) is 7. The molecule has 0 radical (unpaired) electrons. The lowest BCUT2D eigenvalue weighted by atomic mass is 10.0. The number of aliphatic hydroxyl groups is 1. The molecule has 1 fully saturated rings. The van der Waals surface area contributed by atoms with Gasteiger partial charge in [-0.2, -0.15) is 0 Å². The summed E-state index contributed by atoms with van der Waals surface area (Å²) in [6.07, 6.45) is 6.02. The number of carbonyl (C=O) groups excluding carboxylic acids is 1. The number of hydrogen-bond donors (Lipinski definition) is 2. The third-order valence-corrected chi connectivity index (χ3v) is 5.51. The number of pyridine rings is 1. The van der Waals surface area contributed by atoms with E-state index in [1.165, 1.54) is 11.8 Å². The van der Waals surface area contributed by atoms with Crippen LogP contribution in [-0.2, 0) is 11.2 Å². The van der Waals surface area contributed by atoms with Crippen LogP contribution in [0.2, 0.25) is 0 Å². The number of nitrogens with zero attached hydrogens (tertiary/aromatic N) is 3. The van der Waals surface area contributed by atoms with E-state index < -0.39 is 6.10 Å². The quantitative estimate of drug-likeness (QED) is 0.492. The maximum Gasteiger partial charge on any atom is 0.270 e. The summed E-state index contributed by atoms with van der Waals surface area (Å²) in [4.78, 5) is 26.0. The zero-order valence-corrected chi connectivity index (χ0v) is 16.9. The molecule has 29 heavy (non-hydrogen) atoms. The first-order chi connectivity index (χ1) is 14.1. The molecule has 2 N–H and O–H groups in total. The number of benzene rings is 1. The number of carbonyl (C=O) groups is 1. The number of aliphatic hydroxyl groups excluding tert-OH is 1. The van der Waals surface area contributed by atoms with E-state index >= 15 is 0 Å². The van der Waals surface area contributed by atoms with Crippen molar-refractivity contribution in [1.82, 2.24) is 20.3 Å². The summed E-state index contributed by atoms with van der Waals surface area (Å²) < 4.78 is 5.23. The molecule has 0 spiro atoms. The molecule has 1 aliphatic heterocycles. The first kappa shape index (κ1) is 19.8. The van der Waals surface area contributed by atoms with E-state index in [4.69, 9.17) is 4.74 Å². The molecule has 8 heteroatoms.